The summed E-state index contributed by atoms with van der Waals surface area (Å²) in [4.78, 5) is 14.1. The van der Waals surface area contributed by atoms with Crippen molar-refractivity contribution in [2.45, 2.75) is 25.9 Å². The first-order chi connectivity index (χ1) is 13.0. The smallest absolute Gasteiger partial charge is 0.336 e. The normalized spacial score (nSPS) is 12.6. The van der Waals surface area contributed by atoms with E-state index in [4.69, 9.17) is 16.0 Å². The molecule has 0 aliphatic heterocycles. The maximum atomic E-state index is 12.0. The largest absolute Gasteiger partial charge is 0.423 e. The van der Waals surface area contributed by atoms with Gasteiger partial charge >= 0.3 is 5.63 Å². The van der Waals surface area contributed by atoms with Crippen molar-refractivity contribution in [3.63, 3.8) is 0 Å². The molecule has 0 fully saturated rings. The summed E-state index contributed by atoms with van der Waals surface area (Å²) >= 11 is 6.38. The van der Waals surface area contributed by atoms with Gasteiger partial charge < -0.3 is 14.6 Å². The summed E-state index contributed by atoms with van der Waals surface area (Å²) in [7, 11) is 4.07. The Bertz CT molecular complexity index is 981. The minimum absolute atomic E-state index is 0.136. The van der Waals surface area contributed by atoms with Gasteiger partial charge in [-0.1, -0.05) is 48.9 Å². The number of hydrogen-bond acceptors (Lipinski definition) is 4. The van der Waals surface area contributed by atoms with Gasteiger partial charge in [0.25, 0.3) is 0 Å². The minimum Gasteiger partial charge on any atom is -0.423 e. The summed E-state index contributed by atoms with van der Waals surface area (Å²) in [6.45, 7) is 3.38. The lowest BCUT2D eigenvalue weighted by molar-refractivity contribution is 0.288. The second-order valence-electron chi connectivity index (χ2n) is 6.91. The number of rotatable bonds is 7. The molecule has 2 aromatic carbocycles. The Balaban J connectivity index is 1.80. The van der Waals surface area contributed by atoms with Gasteiger partial charge in [-0.15, -0.1) is 0 Å². The number of hydrogen-bond donors (Lipinski definition) is 1. The summed E-state index contributed by atoms with van der Waals surface area (Å²) in [5, 5.41) is 5.21. The van der Waals surface area contributed by atoms with Crippen LogP contribution >= 0.6 is 11.6 Å². The lowest BCUT2D eigenvalue weighted by atomic mass is 10.0. The number of benzene rings is 2. The van der Waals surface area contributed by atoms with Crippen molar-refractivity contribution in [2.24, 2.45) is 0 Å². The Morgan fingerprint density at radius 1 is 1.15 bits per heavy atom. The van der Waals surface area contributed by atoms with Gasteiger partial charge in [-0.2, -0.15) is 0 Å². The molecule has 0 aliphatic rings. The Morgan fingerprint density at radius 3 is 2.63 bits per heavy atom. The third kappa shape index (κ3) is 4.59. The molecule has 1 N–H and O–H groups in total. The third-order valence-electron chi connectivity index (χ3n) is 4.84. The fourth-order valence-corrected chi connectivity index (χ4v) is 3.56. The lowest BCUT2D eigenvalue weighted by Gasteiger charge is -2.26. The summed E-state index contributed by atoms with van der Waals surface area (Å²) in [5.41, 5.74) is 3.51. The SMILES string of the molecule is CCc1ccc2c(CNC[C@@H](c3ccccc3Cl)N(C)C)cc(=O)oc2c1. The van der Waals surface area contributed by atoms with E-state index in [0.29, 0.717) is 18.7 Å². The van der Waals surface area contributed by atoms with Crippen molar-refractivity contribution >= 4 is 22.6 Å². The van der Waals surface area contributed by atoms with E-state index < -0.39 is 0 Å². The molecule has 27 heavy (non-hydrogen) atoms. The van der Waals surface area contributed by atoms with Crippen LogP contribution in [-0.4, -0.2) is 25.5 Å². The highest BCUT2D eigenvalue weighted by atomic mass is 35.5. The molecule has 0 saturated carbocycles. The maximum absolute atomic E-state index is 12.0. The van der Waals surface area contributed by atoms with E-state index in [0.717, 1.165) is 33.5 Å². The molecule has 1 aromatic heterocycles. The second kappa shape index (κ2) is 8.70. The highest BCUT2D eigenvalue weighted by Crippen LogP contribution is 2.26. The highest BCUT2D eigenvalue weighted by molar-refractivity contribution is 6.31. The van der Waals surface area contributed by atoms with Crippen LogP contribution in [0.3, 0.4) is 0 Å². The predicted molar refractivity (Wildman–Crippen MR) is 111 cm³/mol. The van der Waals surface area contributed by atoms with Crippen LogP contribution in [0.4, 0.5) is 0 Å². The zero-order valence-corrected chi connectivity index (χ0v) is 16.7. The van der Waals surface area contributed by atoms with Crippen molar-refractivity contribution in [3.8, 4) is 0 Å². The van der Waals surface area contributed by atoms with Crippen molar-refractivity contribution in [3.05, 3.63) is 80.7 Å². The van der Waals surface area contributed by atoms with Crippen LogP contribution in [0.5, 0.6) is 0 Å². The second-order valence-corrected chi connectivity index (χ2v) is 7.31. The number of aryl methyl sites for hydroxylation is 1. The summed E-state index contributed by atoms with van der Waals surface area (Å²) in [5.74, 6) is 0. The molecule has 1 atom stereocenters. The lowest BCUT2D eigenvalue weighted by Crippen LogP contribution is -2.31. The van der Waals surface area contributed by atoms with Gasteiger partial charge in [0.2, 0.25) is 0 Å². The van der Waals surface area contributed by atoms with E-state index in [1.165, 1.54) is 0 Å². The average Bonchev–Trinajstić information content (AvgIpc) is 2.65. The average molecular weight is 385 g/mol. The highest BCUT2D eigenvalue weighted by Gasteiger charge is 2.16. The molecule has 142 valence electrons. The summed E-state index contributed by atoms with van der Waals surface area (Å²) in [6, 6.07) is 15.7. The Labute approximate surface area is 164 Å². The third-order valence-corrected chi connectivity index (χ3v) is 5.19. The van der Waals surface area contributed by atoms with Crippen molar-refractivity contribution in [1.29, 1.82) is 0 Å². The molecule has 0 bridgehead atoms. The van der Waals surface area contributed by atoms with E-state index in [2.05, 4.69) is 23.2 Å². The Morgan fingerprint density at radius 2 is 1.93 bits per heavy atom. The molecule has 0 unspecified atom stereocenters. The van der Waals surface area contributed by atoms with E-state index in [9.17, 15) is 4.79 Å². The van der Waals surface area contributed by atoms with E-state index in [1.54, 1.807) is 6.07 Å². The van der Waals surface area contributed by atoms with Gasteiger partial charge in [-0.05, 0) is 49.3 Å². The molecule has 5 heteroatoms. The van der Waals surface area contributed by atoms with Crippen LogP contribution in [0.25, 0.3) is 11.0 Å². The molecule has 0 radical (unpaired) electrons. The Hall–Kier alpha value is -2.14. The first-order valence-corrected chi connectivity index (χ1v) is 9.54. The molecular weight excluding hydrogens is 360 g/mol. The maximum Gasteiger partial charge on any atom is 0.336 e. The van der Waals surface area contributed by atoms with E-state index in [1.807, 2.05) is 50.5 Å². The topological polar surface area (TPSA) is 45.5 Å². The molecule has 4 nitrogen and oxygen atoms in total. The fraction of sp³-hybridized carbons (Fsp3) is 0.318. The van der Waals surface area contributed by atoms with Gasteiger partial charge in [0, 0.05) is 35.6 Å². The Kier molecular flexibility index (Phi) is 6.32. The minimum atomic E-state index is -0.317. The zero-order valence-electron chi connectivity index (χ0n) is 16.0. The molecule has 3 rings (SSSR count). The molecule has 0 aliphatic carbocycles. The number of likely N-dealkylation sites (N-methyl/N-ethyl adjacent to an activating group) is 1. The first-order valence-electron chi connectivity index (χ1n) is 9.16. The van der Waals surface area contributed by atoms with Crippen molar-refractivity contribution in [2.75, 3.05) is 20.6 Å². The number of fused-ring (bicyclic) bond motifs is 1. The number of halogens is 1. The quantitative estimate of drug-likeness (QED) is 0.613. The molecule has 0 saturated heterocycles. The van der Waals surface area contributed by atoms with Crippen LogP contribution in [0.1, 0.15) is 29.7 Å². The van der Waals surface area contributed by atoms with Crippen LogP contribution in [0, 0.1) is 0 Å². The van der Waals surface area contributed by atoms with Crippen LogP contribution in [0.2, 0.25) is 5.02 Å². The number of nitrogens with zero attached hydrogens (tertiary/aromatic N) is 1. The summed E-state index contributed by atoms with van der Waals surface area (Å²) in [6.07, 6.45) is 0.907. The first kappa shape index (κ1) is 19.6. The van der Waals surface area contributed by atoms with Gasteiger partial charge in [-0.3, -0.25) is 0 Å². The molecule has 0 spiro atoms. The van der Waals surface area contributed by atoms with Gasteiger partial charge in [0.15, 0.2) is 0 Å². The van der Waals surface area contributed by atoms with Gasteiger partial charge in [-0.25, -0.2) is 4.79 Å². The van der Waals surface area contributed by atoms with Crippen molar-refractivity contribution in [1.82, 2.24) is 10.2 Å². The van der Waals surface area contributed by atoms with Crippen LogP contribution in [0.15, 0.2) is 57.7 Å². The van der Waals surface area contributed by atoms with E-state index in [-0.39, 0.29) is 11.7 Å². The predicted octanol–water partition coefficient (Wildman–Crippen LogP) is 4.40. The standard InChI is InChI=1S/C22H25ClN2O2/c1-4-15-9-10-17-16(12-22(26)27-21(17)11-15)13-24-14-20(25(2)3)18-7-5-6-8-19(18)23/h5-12,20,24H,4,13-14H2,1-3H3/t20-/m0/s1. The molecule has 3 aromatic rings. The zero-order chi connectivity index (χ0) is 19.4. The summed E-state index contributed by atoms with van der Waals surface area (Å²) < 4.78 is 5.39. The monoisotopic (exact) mass is 384 g/mol. The van der Waals surface area contributed by atoms with Crippen molar-refractivity contribution < 1.29 is 4.42 Å². The van der Waals surface area contributed by atoms with Gasteiger partial charge in [0.05, 0.1) is 0 Å². The molecular formula is C22H25ClN2O2. The fourth-order valence-electron chi connectivity index (χ4n) is 3.30. The van der Waals surface area contributed by atoms with Gasteiger partial charge in [0.1, 0.15) is 5.58 Å². The van der Waals surface area contributed by atoms with Crippen LogP contribution < -0.4 is 10.9 Å². The molecule has 1 heterocycles. The number of nitrogens with one attached hydrogen (secondary N) is 1. The van der Waals surface area contributed by atoms with Crippen LogP contribution in [-0.2, 0) is 13.0 Å². The molecule has 0 amide bonds. The van der Waals surface area contributed by atoms with E-state index >= 15 is 0 Å².